The van der Waals surface area contributed by atoms with Gasteiger partial charge in [-0.05, 0) is 13.0 Å². The molecule has 0 saturated carbocycles. The third-order valence-corrected chi connectivity index (χ3v) is 3.92. The summed E-state index contributed by atoms with van der Waals surface area (Å²) in [4.78, 5) is 9.07. The lowest BCUT2D eigenvalue weighted by molar-refractivity contribution is 0.476. The van der Waals surface area contributed by atoms with Crippen molar-refractivity contribution in [3.05, 3.63) is 0 Å². The van der Waals surface area contributed by atoms with Crippen LogP contribution >= 0.6 is 7.37 Å². The molecule has 0 amide bonds. The van der Waals surface area contributed by atoms with Gasteiger partial charge in [-0.3, -0.25) is 4.57 Å². The largest absolute Gasteiger partial charge is 0.344 e. The Labute approximate surface area is 113 Å². The summed E-state index contributed by atoms with van der Waals surface area (Å²) in [6, 6.07) is 0. The van der Waals surface area contributed by atoms with Gasteiger partial charge in [-0.2, -0.15) is 0 Å². The van der Waals surface area contributed by atoms with Crippen molar-refractivity contribution in [3.8, 4) is 0 Å². The van der Waals surface area contributed by atoms with Crippen LogP contribution in [0.15, 0.2) is 0 Å². The first-order valence-electron chi connectivity index (χ1n) is 7.56. The molecular formula is C14H32NO2P. The number of nitrogens with one attached hydrogen (secondary N) is 1. The lowest BCUT2D eigenvalue weighted by atomic mass is 10.1. The molecule has 0 aliphatic heterocycles. The number of rotatable bonds is 13. The molecule has 18 heavy (non-hydrogen) atoms. The summed E-state index contributed by atoms with van der Waals surface area (Å²) in [5, 5.41) is 3.04. The van der Waals surface area contributed by atoms with Crippen LogP contribution in [0, 0.1) is 0 Å². The normalized spacial score (nSPS) is 14.6. The highest BCUT2D eigenvalue weighted by Crippen LogP contribution is 2.32. The van der Waals surface area contributed by atoms with Crippen molar-refractivity contribution in [2.75, 3.05) is 19.5 Å². The molecule has 0 saturated heterocycles. The molecule has 1 unspecified atom stereocenters. The van der Waals surface area contributed by atoms with Crippen LogP contribution in [0.2, 0.25) is 0 Å². The van der Waals surface area contributed by atoms with Crippen molar-refractivity contribution in [2.24, 2.45) is 0 Å². The number of unbranched alkanes of at least 4 members (excludes halogenated alkanes) is 9. The molecule has 0 spiro atoms. The molecule has 0 bridgehead atoms. The summed E-state index contributed by atoms with van der Waals surface area (Å²) in [5.74, 6) is 0. The highest BCUT2D eigenvalue weighted by atomic mass is 31.2. The van der Waals surface area contributed by atoms with E-state index in [1.54, 1.807) is 0 Å². The Morgan fingerprint density at radius 2 is 1.33 bits per heavy atom. The zero-order valence-electron chi connectivity index (χ0n) is 12.3. The molecule has 0 aromatic carbocycles. The van der Waals surface area contributed by atoms with Crippen molar-refractivity contribution in [2.45, 2.75) is 71.1 Å². The highest BCUT2D eigenvalue weighted by Gasteiger charge is 2.06. The smallest absolute Gasteiger partial charge is 0.210 e. The third-order valence-electron chi connectivity index (χ3n) is 3.11. The third kappa shape index (κ3) is 16.1. The molecule has 0 heterocycles. The molecule has 0 aromatic rings. The van der Waals surface area contributed by atoms with Gasteiger partial charge in [0.25, 0.3) is 0 Å². The van der Waals surface area contributed by atoms with Crippen LogP contribution in [-0.4, -0.2) is 24.4 Å². The summed E-state index contributed by atoms with van der Waals surface area (Å²) >= 11 is 0. The minimum absolute atomic E-state index is 0.254. The zero-order valence-corrected chi connectivity index (χ0v) is 13.2. The van der Waals surface area contributed by atoms with Gasteiger partial charge < -0.3 is 10.2 Å². The van der Waals surface area contributed by atoms with Crippen LogP contribution in [0.25, 0.3) is 0 Å². The Kier molecular flexibility index (Phi) is 12.3. The lowest BCUT2D eigenvalue weighted by Gasteiger charge is -2.07. The molecule has 0 fully saturated rings. The Balaban J connectivity index is 3.01. The molecule has 110 valence electrons. The van der Waals surface area contributed by atoms with Gasteiger partial charge in [-0.25, -0.2) is 0 Å². The molecule has 1 atom stereocenters. The molecule has 0 aliphatic carbocycles. The summed E-state index contributed by atoms with van der Waals surface area (Å²) in [6.07, 6.45) is 13.5. The maximum absolute atomic E-state index is 11.0. The number of hydrogen-bond acceptors (Lipinski definition) is 2. The first-order valence-corrected chi connectivity index (χ1v) is 9.85. The maximum atomic E-state index is 11.0. The van der Waals surface area contributed by atoms with Gasteiger partial charge in [0.05, 0.1) is 6.29 Å². The minimum atomic E-state index is -2.86. The molecule has 0 radical (unpaired) electrons. The van der Waals surface area contributed by atoms with Crippen LogP contribution in [0.4, 0.5) is 0 Å². The topological polar surface area (TPSA) is 49.3 Å². The van der Waals surface area contributed by atoms with E-state index in [4.69, 9.17) is 4.89 Å². The van der Waals surface area contributed by atoms with Crippen LogP contribution in [0.1, 0.15) is 71.1 Å². The fraction of sp³-hybridized carbons (Fsp3) is 1.00. The molecule has 3 nitrogen and oxygen atoms in total. The van der Waals surface area contributed by atoms with Crippen LogP contribution in [0.5, 0.6) is 0 Å². The monoisotopic (exact) mass is 277 g/mol. The van der Waals surface area contributed by atoms with Crippen molar-refractivity contribution in [1.29, 1.82) is 0 Å². The van der Waals surface area contributed by atoms with Gasteiger partial charge in [0, 0.05) is 6.66 Å². The fourth-order valence-corrected chi connectivity index (χ4v) is 2.60. The summed E-state index contributed by atoms with van der Waals surface area (Å²) in [7, 11) is -2.86. The molecule has 0 aromatic heterocycles. The average Bonchev–Trinajstić information content (AvgIpc) is 2.29. The van der Waals surface area contributed by atoms with E-state index in [9.17, 15) is 4.57 Å². The number of hydrogen-bond donors (Lipinski definition) is 2. The summed E-state index contributed by atoms with van der Waals surface area (Å²) in [6.45, 7) is 4.52. The predicted molar refractivity (Wildman–Crippen MR) is 80.5 cm³/mol. The maximum Gasteiger partial charge on any atom is 0.210 e. The van der Waals surface area contributed by atoms with E-state index in [0.29, 0.717) is 0 Å². The van der Waals surface area contributed by atoms with Gasteiger partial charge in [-0.15, -0.1) is 0 Å². The first-order chi connectivity index (χ1) is 8.56. The van der Waals surface area contributed by atoms with E-state index in [1.165, 1.54) is 64.5 Å². The van der Waals surface area contributed by atoms with Gasteiger partial charge in [0.1, 0.15) is 0 Å². The molecule has 0 aliphatic rings. The SMILES string of the molecule is CCCCCCCCCCCCNCP(C)(=O)O. The van der Waals surface area contributed by atoms with Crippen molar-refractivity contribution in [3.63, 3.8) is 0 Å². The first kappa shape index (κ1) is 18.1. The van der Waals surface area contributed by atoms with Crippen molar-refractivity contribution in [1.82, 2.24) is 5.32 Å². The molecule has 0 rings (SSSR count). The van der Waals surface area contributed by atoms with E-state index in [0.717, 1.165) is 13.0 Å². The van der Waals surface area contributed by atoms with Gasteiger partial charge in [-0.1, -0.05) is 64.7 Å². The fourth-order valence-electron chi connectivity index (χ4n) is 2.02. The molecule has 4 heteroatoms. The standard InChI is InChI=1S/C14H32NO2P/c1-3-4-5-6-7-8-9-10-11-12-13-15-14-18(2,16)17/h15H,3-14H2,1-2H3,(H,16,17). The lowest BCUT2D eigenvalue weighted by Crippen LogP contribution is -2.16. The van der Waals surface area contributed by atoms with Crippen molar-refractivity contribution >= 4 is 7.37 Å². The average molecular weight is 277 g/mol. The molecular weight excluding hydrogens is 245 g/mol. The quantitative estimate of drug-likeness (QED) is 0.388. The predicted octanol–water partition coefficient (Wildman–Crippen LogP) is 4.35. The van der Waals surface area contributed by atoms with Gasteiger partial charge in [0.2, 0.25) is 7.37 Å². The Morgan fingerprint density at radius 3 is 1.78 bits per heavy atom. The van der Waals surface area contributed by atoms with E-state index >= 15 is 0 Å². The zero-order chi connectivity index (χ0) is 13.7. The van der Waals surface area contributed by atoms with Crippen LogP contribution < -0.4 is 5.32 Å². The summed E-state index contributed by atoms with van der Waals surface area (Å²) < 4.78 is 11.0. The second-order valence-electron chi connectivity index (χ2n) is 5.39. The molecule has 2 N–H and O–H groups in total. The Hall–Kier alpha value is 0.150. The van der Waals surface area contributed by atoms with Gasteiger partial charge >= 0.3 is 0 Å². The Morgan fingerprint density at radius 1 is 0.889 bits per heavy atom. The highest BCUT2D eigenvalue weighted by molar-refractivity contribution is 7.57. The summed E-state index contributed by atoms with van der Waals surface area (Å²) in [5.41, 5.74) is 0. The van der Waals surface area contributed by atoms with Crippen LogP contribution in [-0.2, 0) is 4.57 Å². The van der Waals surface area contributed by atoms with E-state index in [2.05, 4.69) is 12.2 Å². The van der Waals surface area contributed by atoms with E-state index in [1.807, 2.05) is 0 Å². The second-order valence-corrected chi connectivity index (χ2v) is 7.81. The van der Waals surface area contributed by atoms with Gasteiger partial charge in [0.15, 0.2) is 0 Å². The van der Waals surface area contributed by atoms with Crippen LogP contribution in [0.3, 0.4) is 0 Å². The second kappa shape index (κ2) is 12.2. The van der Waals surface area contributed by atoms with E-state index in [-0.39, 0.29) is 6.29 Å². The van der Waals surface area contributed by atoms with E-state index < -0.39 is 7.37 Å². The van der Waals surface area contributed by atoms with Crippen molar-refractivity contribution < 1.29 is 9.46 Å². The minimum Gasteiger partial charge on any atom is -0.344 e. The Bertz CT molecular complexity index is 216.